The minimum Gasteiger partial charge on any atom is -0.404 e. The molecule has 1 unspecified atom stereocenters. The van der Waals surface area contributed by atoms with Crippen molar-refractivity contribution in [2.45, 2.75) is 26.7 Å². The fourth-order valence-corrected chi connectivity index (χ4v) is 3.43. The lowest BCUT2D eigenvalue weighted by molar-refractivity contribution is 0.928. The number of rotatable bonds is 2. The molecule has 25 heavy (non-hydrogen) atoms. The van der Waals surface area contributed by atoms with Crippen LogP contribution < -0.4 is 5.73 Å². The summed E-state index contributed by atoms with van der Waals surface area (Å²) in [6.45, 7) is 9.91. The van der Waals surface area contributed by atoms with Gasteiger partial charge >= 0.3 is 0 Å². The zero-order chi connectivity index (χ0) is 18.1. The fourth-order valence-electron chi connectivity index (χ4n) is 3.43. The number of nitriles is 1. The first-order valence-corrected chi connectivity index (χ1v) is 8.11. The number of nitrogens with two attached hydrogens (primary N) is 1. The Balaban J connectivity index is 2.37. The third-order valence-corrected chi connectivity index (χ3v) is 4.68. The van der Waals surface area contributed by atoms with Crippen LogP contribution in [0.4, 0.5) is 5.69 Å². The van der Waals surface area contributed by atoms with Crippen molar-refractivity contribution in [2.75, 3.05) is 0 Å². The molecule has 2 N–H and O–H groups in total. The van der Waals surface area contributed by atoms with Crippen molar-refractivity contribution in [3.63, 3.8) is 0 Å². The van der Waals surface area contributed by atoms with Crippen molar-refractivity contribution in [1.82, 2.24) is 4.98 Å². The largest absolute Gasteiger partial charge is 0.404 e. The van der Waals surface area contributed by atoms with E-state index in [1.165, 1.54) is 0 Å². The second-order valence-corrected chi connectivity index (χ2v) is 6.23. The number of pyridine rings is 1. The van der Waals surface area contributed by atoms with Crippen molar-refractivity contribution in [1.29, 1.82) is 5.26 Å². The van der Waals surface area contributed by atoms with Crippen LogP contribution in [-0.4, -0.2) is 10.7 Å². The van der Waals surface area contributed by atoms with Gasteiger partial charge in [0.25, 0.3) is 0 Å². The van der Waals surface area contributed by atoms with Gasteiger partial charge in [-0.3, -0.25) is 9.98 Å². The maximum Gasteiger partial charge on any atom is 0.0991 e. The molecule has 4 heteroatoms. The smallest absolute Gasteiger partial charge is 0.0991 e. The van der Waals surface area contributed by atoms with E-state index in [1.54, 1.807) is 12.3 Å². The first kappa shape index (κ1) is 16.7. The molecule has 0 bridgehead atoms. The van der Waals surface area contributed by atoms with E-state index in [-0.39, 0.29) is 5.92 Å². The predicted octanol–water partition coefficient (Wildman–Crippen LogP) is 4.29. The van der Waals surface area contributed by atoms with Gasteiger partial charge in [-0.2, -0.15) is 5.26 Å². The van der Waals surface area contributed by atoms with E-state index in [1.807, 2.05) is 45.2 Å². The van der Waals surface area contributed by atoms with Crippen LogP contribution in [0.25, 0.3) is 6.08 Å². The number of benzene rings is 1. The number of nitrogens with zero attached hydrogens (tertiary/aromatic N) is 3. The first-order valence-electron chi connectivity index (χ1n) is 8.11. The van der Waals surface area contributed by atoms with Gasteiger partial charge in [0.1, 0.15) is 0 Å². The summed E-state index contributed by atoms with van der Waals surface area (Å²) in [5.74, 6) is -0.0781. The van der Waals surface area contributed by atoms with E-state index < -0.39 is 0 Å². The lowest BCUT2D eigenvalue weighted by atomic mass is 9.77. The summed E-state index contributed by atoms with van der Waals surface area (Å²) in [6, 6.07) is 7.94. The van der Waals surface area contributed by atoms with Gasteiger partial charge in [0.05, 0.1) is 23.0 Å². The third-order valence-electron chi connectivity index (χ3n) is 4.68. The van der Waals surface area contributed by atoms with Crippen molar-refractivity contribution in [3.05, 3.63) is 76.3 Å². The fraction of sp³-hybridized carbons (Fsp3) is 0.190. The number of hydrogen-bond donors (Lipinski definition) is 1. The molecule has 124 valence electrons. The number of hydrogen-bond acceptors (Lipinski definition) is 4. The van der Waals surface area contributed by atoms with E-state index in [0.717, 1.165) is 44.9 Å². The molecule has 1 aliphatic rings. The van der Waals surface area contributed by atoms with Gasteiger partial charge < -0.3 is 5.73 Å². The van der Waals surface area contributed by atoms with Crippen LogP contribution in [0, 0.1) is 25.2 Å². The number of aliphatic imine (C=N–C) groups is 1. The highest BCUT2D eigenvalue weighted by atomic mass is 14.8. The first-order chi connectivity index (χ1) is 12.0. The van der Waals surface area contributed by atoms with Crippen LogP contribution in [0.15, 0.2) is 47.7 Å². The molecule has 1 aliphatic heterocycles. The Labute approximate surface area is 148 Å². The Morgan fingerprint density at radius 2 is 2.00 bits per heavy atom. The molecule has 0 radical (unpaired) electrons. The van der Waals surface area contributed by atoms with Crippen LogP contribution in [0.5, 0.6) is 0 Å². The van der Waals surface area contributed by atoms with E-state index in [2.05, 4.69) is 17.6 Å². The average Bonchev–Trinajstić information content (AvgIpc) is 2.61. The Bertz CT molecular complexity index is 974. The quantitative estimate of drug-likeness (QED) is 0.893. The molecule has 3 rings (SSSR count). The molecule has 4 nitrogen and oxygen atoms in total. The minimum absolute atomic E-state index is 0.0781. The Kier molecular flexibility index (Phi) is 4.24. The van der Waals surface area contributed by atoms with Crippen molar-refractivity contribution in [3.8, 4) is 6.07 Å². The molecule has 1 atom stereocenters. The third kappa shape index (κ3) is 2.64. The average molecular weight is 328 g/mol. The van der Waals surface area contributed by atoms with Gasteiger partial charge in [-0.25, -0.2) is 0 Å². The van der Waals surface area contributed by atoms with Crippen LogP contribution >= 0.6 is 0 Å². The summed E-state index contributed by atoms with van der Waals surface area (Å²) >= 11 is 0. The van der Waals surface area contributed by atoms with E-state index in [0.29, 0.717) is 5.56 Å². The zero-order valence-corrected chi connectivity index (χ0v) is 14.7. The van der Waals surface area contributed by atoms with E-state index in [9.17, 15) is 0 Å². The summed E-state index contributed by atoms with van der Waals surface area (Å²) in [5, 5.41) is 9.16. The molecule has 0 amide bonds. The van der Waals surface area contributed by atoms with Crippen molar-refractivity contribution in [2.24, 2.45) is 10.7 Å². The van der Waals surface area contributed by atoms with E-state index >= 15 is 0 Å². The van der Waals surface area contributed by atoms with Gasteiger partial charge in [0.15, 0.2) is 0 Å². The van der Waals surface area contributed by atoms with Gasteiger partial charge in [-0.1, -0.05) is 12.6 Å². The molecular weight excluding hydrogens is 308 g/mol. The molecule has 0 fully saturated rings. The summed E-state index contributed by atoms with van der Waals surface area (Å²) in [6.07, 6.45) is 5.21. The molecule has 1 aromatic carbocycles. The molecule has 0 saturated carbocycles. The van der Waals surface area contributed by atoms with Gasteiger partial charge in [-0.15, -0.1) is 0 Å². The number of fused-ring (bicyclic) bond motifs is 1. The monoisotopic (exact) mass is 328 g/mol. The van der Waals surface area contributed by atoms with E-state index in [4.69, 9.17) is 16.0 Å². The van der Waals surface area contributed by atoms with Crippen LogP contribution in [0.1, 0.15) is 46.4 Å². The standard InChI is InChI=1S/C21H20N4/c1-5-18-20-19(16-7-6-15(9-22)8-12(16)2)17(10-23)14(4)25-21(20)13(3)11-24-18/h5-8,10-11,19H,1,23H2,2-4H3. The topological polar surface area (TPSA) is 75.1 Å². The molecule has 0 spiro atoms. The normalized spacial score (nSPS) is 17.6. The number of allylic oxidation sites excluding steroid dienone is 1. The van der Waals surface area contributed by atoms with Gasteiger partial charge in [0.2, 0.25) is 0 Å². The lowest BCUT2D eigenvalue weighted by Crippen LogP contribution is -2.19. The van der Waals surface area contributed by atoms with Crippen molar-refractivity contribution < 1.29 is 0 Å². The summed E-state index contributed by atoms with van der Waals surface area (Å²) in [4.78, 5) is 9.31. The van der Waals surface area contributed by atoms with Gasteiger partial charge in [0, 0.05) is 29.0 Å². The van der Waals surface area contributed by atoms with Gasteiger partial charge in [-0.05, 0) is 61.9 Å². The second-order valence-electron chi connectivity index (χ2n) is 6.23. The van der Waals surface area contributed by atoms with Crippen LogP contribution in [0.3, 0.4) is 0 Å². The predicted molar refractivity (Wildman–Crippen MR) is 102 cm³/mol. The van der Waals surface area contributed by atoms with Crippen molar-refractivity contribution >= 4 is 17.5 Å². The Morgan fingerprint density at radius 3 is 2.60 bits per heavy atom. The number of aryl methyl sites for hydroxylation is 2. The molecule has 1 aromatic heterocycles. The van der Waals surface area contributed by atoms with Crippen LogP contribution in [0.2, 0.25) is 0 Å². The molecular formula is C21H20N4. The summed E-state index contributed by atoms with van der Waals surface area (Å²) in [5.41, 5.74) is 14.4. The maximum atomic E-state index is 9.16. The number of aromatic nitrogens is 1. The highest BCUT2D eigenvalue weighted by molar-refractivity contribution is 6.04. The Hall–Kier alpha value is -3.19. The lowest BCUT2D eigenvalue weighted by Gasteiger charge is -2.30. The molecule has 2 heterocycles. The molecule has 0 saturated heterocycles. The molecule has 2 aromatic rings. The SMILES string of the molecule is C=Cc1ncc(C)c2c1C(c1ccc(C#N)cc1C)C(=CN)C(C)=N2. The highest BCUT2D eigenvalue weighted by Crippen LogP contribution is 2.45. The summed E-state index contributed by atoms with van der Waals surface area (Å²) in [7, 11) is 0. The zero-order valence-electron chi connectivity index (χ0n) is 14.7. The minimum atomic E-state index is -0.0781. The Morgan fingerprint density at radius 1 is 1.24 bits per heavy atom. The molecule has 0 aliphatic carbocycles. The summed E-state index contributed by atoms with van der Waals surface area (Å²) < 4.78 is 0. The highest BCUT2D eigenvalue weighted by Gasteiger charge is 2.31. The maximum absolute atomic E-state index is 9.16. The second kappa shape index (κ2) is 6.37. The van der Waals surface area contributed by atoms with Crippen LogP contribution in [-0.2, 0) is 0 Å².